The van der Waals surface area contributed by atoms with Crippen molar-refractivity contribution >= 4 is 11.6 Å². The maximum Gasteiger partial charge on any atom is 0.422 e. The third-order valence-electron chi connectivity index (χ3n) is 2.36. The van der Waals surface area contributed by atoms with Gasteiger partial charge in [-0.1, -0.05) is 0 Å². The van der Waals surface area contributed by atoms with Gasteiger partial charge in [0.15, 0.2) is 6.61 Å². The van der Waals surface area contributed by atoms with E-state index in [1.165, 1.54) is 12.3 Å². The van der Waals surface area contributed by atoms with Gasteiger partial charge in [-0.25, -0.2) is 4.39 Å². The maximum absolute atomic E-state index is 13.2. The van der Waals surface area contributed by atoms with Crippen LogP contribution in [0.3, 0.4) is 0 Å². The molecule has 1 aromatic heterocycles. The molecule has 0 aliphatic rings. The lowest BCUT2D eigenvalue weighted by molar-refractivity contribution is -0.153. The summed E-state index contributed by atoms with van der Waals surface area (Å²) in [5.74, 6) is -1.67. The molecule has 0 saturated heterocycles. The second-order valence-corrected chi connectivity index (χ2v) is 4.01. The van der Waals surface area contributed by atoms with Crippen molar-refractivity contribution < 1.29 is 31.5 Å². The Morgan fingerprint density at radius 2 is 2.05 bits per heavy atom. The molecule has 2 rings (SSSR count). The first-order valence-electron chi connectivity index (χ1n) is 5.68. The number of amides is 1. The molecule has 0 bridgehead atoms. The van der Waals surface area contributed by atoms with Crippen LogP contribution in [0, 0.1) is 5.82 Å². The molecule has 0 spiro atoms. The van der Waals surface area contributed by atoms with E-state index in [0.29, 0.717) is 0 Å². The van der Waals surface area contributed by atoms with Crippen LogP contribution in [-0.2, 0) is 0 Å². The van der Waals surface area contributed by atoms with Gasteiger partial charge in [-0.05, 0) is 18.2 Å². The third-order valence-corrected chi connectivity index (χ3v) is 2.36. The van der Waals surface area contributed by atoms with Crippen LogP contribution in [-0.4, -0.2) is 18.7 Å². The molecular formula is C13H9F4NO3. The number of benzene rings is 1. The Morgan fingerprint density at radius 3 is 2.67 bits per heavy atom. The van der Waals surface area contributed by atoms with Crippen molar-refractivity contribution in [3.05, 3.63) is 48.2 Å². The fourth-order valence-electron chi connectivity index (χ4n) is 1.47. The van der Waals surface area contributed by atoms with Crippen LogP contribution in [0.4, 0.5) is 23.2 Å². The van der Waals surface area contributed by atoms with Crippen molar-refractivity contribution in [2.24, 2.45) is 0 Å². The highest BCUT2D eigenvalue weighted by atomic mass is 19.4. The summed E-state index contributed by atoms with van der Waals surface area (Å²) < 4.78 is 58.8. The molecule has 8 heteroatoms. The van der Waals surface area contributed by atoms with Crippen LogP contribution in [0.2, 0.25) is 0 Å². The Kier molecular flexibility index (Phi) is 4.15. The number of rotatable bonds is 4. The van der Waals surface area contributed by atoms with E-state index in [1.807, 2.05) is 0 Å². The van der Waals surface area contributed by atoms with Crippen LogP contribution < -0.4 is 10.1 Å². The predicted molar refractivity (Wildman–Crippen MR) is 64.6 cm³/mol. The molecule has 0 aliphatic heterocycles. The molecular weight excluding hydrogens is 294 g/mol. The van der Waals surface area contributed by atoms with Gasteiger partial charge in [0.05, 0.1) is 17.5 Å². The van der Waals surface area contributed by atoms with Gasteiger partial charge in [0, 0.05) is 6.07 Å². The standard InChI is InChI=1S/C13H9F4NO3/c14-9-1-2-11(21-7-13(15,16)17)10(5-9)18-12(19)8-3-4-20-6-8/h1-6H,7H2,(H,18,19). The zero-order chi connectivity index (χ0) is 15.5. The predicted octanol–water partition coefficient (Wildman–Crippen LogP) is 3.61. The number of halogens is 4. The maximum atomic E-state index is 13.2. The number of furan rings is 1. The molecule has 1 amide bonds. The van der Waals surface area contributed by atoms with Gasteiger partial charge in [0.2, 0.25) is 0 Å². The number of nitrogens with one attached hydrogen (secondary N) is 1. The van der Waals surface area contributed by atoms with Crippen molar-refractivity contribution in [3.8, 4) is 5.75 Å². The molecule has 0 fully saturated rings. The Morgan fingerprint density at radius 1 is 1.29 bits per heavy atom. The van der Waals surface area contributed by atoms with E-state index in [2.05, 4.69) is 10.1 Å². The Hall–Kier alpha value is -2.51. The smallest absolute Gasteiger partial charge is 0.422 e. The number of alkyl halides is 3. The van der Waals surface area contributed by atoms with Crippen LogP contribution in [0.15, 0.2) is 41.2 Å². The van der Waals surface area contributed by atoms with Crippen LogP contribution >= 0.6 is 0 Å². The van der Waals surface area contributed by atoms with E-state index in [-0.39, 0.29) is 17.0 Å². The van der Waals surface area contributed by atoms with E-state index < -0.39 is 24.5 Å². The molecule has 0 aliphatic carbocycles. The van der Waals surface area contributed by atoms with Gasteiger partial charge in [-0.2, -0.15) is 13.2 Å². The Bertz CT molecular complexity index is 623. The SMILES string of the molecule is O=C(Nc1cc(F)ccc1OCC(F)(F)F)c1ccoc1. The van der Waals surface area contributed by atoms with Gasteiger partial charge in [-0.3, -0.25) is 4.79 Å². The molecule has 1 N–H and O–H groups in total. The van der Waals surface area contributed by atoms with Crippen molar-refractivity contribution in [1.82, 2.24) is 0 Å². The van der Waals surface area contributed by atoms with E-state index in [1.54, 1.807) is 0 Å². The number of carbonyl (C=O) groups is 1. The lowest BCUT2D eigenvalue weighted by Gasteiger charge is -2.13. The molecule has 0 saturated carbocycles. The third kappa shape index (κ3) is 4.23. The van der Waals surface area contributed by atoms with Crippen LogP contribution in [0.25, 0.3) is 0 Å². The highest BCUT2D eigenvalue weighted by Crippen LogP contribution is 2.28. The highest BCUT2D eigenvalue weighted by molar-refractivity contribution is 6.04. The molecule has 0 atom stereocenters. The van der Waals surface area contributed by atoms with Crippen LogP contribution in [0.5, 0.6) is 5.75 Å². The summed E-state index contributed by atoms with van der Waals surface area (Å²) in [6, 6.07) is 4.15. The Balaban J connectivity index is 2.17. The molecule has 2 aromatic rings. The Labute approximate surface area is 116 Å². The van der Waals surface area contributed by atoms with Crippen molar-refractivity contribution in [2.45, 2.75) is 6.18 Å². The number of hydrogen-bond donors (Lipinski definition) is 1. The van der Waals surface area contributed by atoms with E-state index in [9.17, 15) is 22.4 Å². The average molecular weight is 303 g/mol. The molecule has 1 heterocycles. The molecule has 0 radical (unpaired) electrons. The number of ether oxygens (including phenoxy) is 1. The second kappa shape index (κ2) is 5.86. The number of hydrogen-bond acceptors (Lipinski definition) is 3. The van der Waals surface area contributed by atoms with E-state index >= 15 is 0 Å². The lowest BCUT2D eigenvalue weighted by Crippen LogP contribution is -2.20. The summed E-state index contributed by atoms with van der Waals surface area (Å²) in [7, 11) is 0. The van der Waals surface area contributed by atoms with Crippen molar-refractivity contribution in [3.63, 3.8) is 0 Å². The fraction of sp³-hybridized carbons (Fsp3) is 0.154. The minimum absolute atomic E-state index is 0.140. The monoisotopic (exact) mass is 303 g/mol. The van der Waals surface area contributed by atoms with Gasteiger partial charge in [-0.15, -0.1) is 0 Å². The van der Waals surface area contributed by atoms with Gasteiger partial charge in [0.1, 0.15) is 17.8 Å². The zero-order valence-corrected chi connectivity index (χ0v) is 10.4. The van der Waals surface area contributed by atoms with Crippen molar-refractivity contribution in [1.29, 1.82) is 0 Å². The minimum atomic E-state index is -4.54. The summed E-state index contributed by atoms with van der Waals surface area (Å²) in [6.07, 6.45) is -2.15. The quantitative estimate of drug-likeness (QED) is 0.878. The second-order valence-electron chi connectivity index (χ2n) is 4.01. The molecule has 21 heavy (non-hydrogen) atoms. The van der Waals surface area contributed by atoms with Crippen LogP contribution in [0.1, 0.15) is 10.4 Å². The number of anilines is 1. The van der Waals surface area contributed by atoms with Gasteiger partial charge >= 0.3 is 6.18 Å². The molecule has 112 valence electrons. The number of carbonyl (C=O) groups excluding carboxylic acids is 1. The summed E-state index contributed by atoms with van der Waals surface area (Å²) in [4.78, 5) is 11.8. The normalized spacial score (nSPS) is 11.2. The summed E-state index contributed by atoms with van der Waals surface area (Å²) in [5, 5.41) is 2.26. The largest absolute Gasteiger partial charge is 0.482 e. The van der Waals surface area contributed by atoms with Gasteiger partial charge in [0.25, 0.3) is 5.91 Å². The highest BCUT2D eigenvalue weighted by Gasteiger charge is 2.29. The van der Waals surface area contributed by atoms with E-state index in [0.717, 1.165) is 24.5 Å². The van der Waals surface area contributed by atoms with E-state index in [4.69, 9.17) is 4.42 Å². The first kappa shape index (κ1) is 14.9. The minimum Gasteiger partial charge on any atom is -0.482 e. The first-order valence-corrected chi connectivity index (χ1v) is 5.68. The lowest BCUT2D eigenvalue weighted by atomic mass is 10.2. The van der Waals surface area contributed by atoms with Gasteiger partial charge < -0.3 is 14.5 Å². The summed E-state index contributed by atoms with van der Waals surface area (Å²) in [5.41, 5.74) is -0.0634. The van der Waals surface area contributed by atoms with Crippen molar-refractivity contribution in [2.75, 3.05) is 11.9 Å². The first-order chi connectivity index (χ1) is 9.85. The molecule has 4 nitrogen and oxygen atoms in total. The topological polar surface area (TPSA) is 51.5 Å². The molecule has 1 aromatic carbocycles. The summed E-state index contributed by atoms with van der Waals surface area (Å²) in [6.45, 7) is -1.55. The average Bonchev–Trinajstić information content (AvgIpc) is 2.90. The zero-order valence-electron chi connectivity index (χ0n) is 10.4. The molecule has 0 unspecified atom stereocenters. The summed E-state index contributed by atoms with van der Waals surface area (Å²) >= 11 is 0. The fourth-order valence-corrected chi connectivity index (χ4v) is 1.47.